The van der Waals surface area contributed by atoms with Gasteiger partial charge in [0.1, 0.15) is 17.5 Å². The van der Waals surface area contributed by atoms with Gasteiger partial charge in [0.2, 0.25) is 11.8 Å². The Kier molecular flexibility index (Phi) is 11.7. The van der Waals surface area contributed by atoms with Gasteiger partial charge in [-0.15, -0.1) is 0 Å². The first kappa shape index (κ1) is 36.9. The van der Waals surface area contributed by atoms with Crippen molar-refractivity contribution in [2.24, 2.45) is 11.8 Å². The van der Waals surface area contributed by atoms with Crippen LogP contribution in [0.3, 0.4) is 0 Å². The Morgan fingerprint density at radius 2 is 1.82 bits per heavy atom. The normalized spacial score (nSPS) is 16.1. The van der Waals surface area contributed by atoms with Gasteiger partial charge in [-0.2, -0.15) is 13.2 Å². The molecule has 1 aliphatic rings. The van der Waals surface area contributed by atoms with Crippen LogP contribution in [0.2, 0.25) is 0 Å². The molecule has 3 atom stereocenters. The van der Waals surface area contributed by atoms with Crippen LogP contribution < -0.4 is 20.7 Å². The highest BCUT2D eigenvalue weighted by molar-refractivity contribution is 6.02. The molecule has 1 aromatic carbocycles. The molecule has 49 heavy (non-hydrogen) atoms. The summed E-state index contributed by atoms with van der Waals surface area (Å²) >= 11 is 0. The fraction of sp³-hybridized carbons (Fsp3) is 0.471. The number of benzene rings is 1. The van der Waals surface area contributed by atoms with Gasteiger partial charge >= 0.3 is 12.1 Å². The van der Waals surface area contributed by atoms with Crippen LogP contribution >= 0.6 is 0 Å². The number of fused-ring (bicyclic) bond motifs is 1. The minimum absolute atomic E-state index is 0.0401. The zero-order valence-electron chi connectivity index (χ0n) is 27.9. The molecule has 1 saturated heterocycles. The molecular formula is C34H40F3N5O7. The van der Waals surface area contributed by atoms with Gasteiger partial charge in [0, 0.05) is 29.1 Å². The molecule has 0 spiro atoms. The van der Waals surface area contributed by atoms with Gasteiger partial charge in [-0.3, -0.25) is 24.2 Å². The summed E-state index contributed by atoms with van der Waals surface area (Å²) < 4.78 is 51.7. The number of aromatic nitrogens is 2. The van der Waals surface area contributed by atoms with Gasteiger partial charge in [-0.1, -0.05) is 19.9 Å². The van der Waals surface area contributed by atoms with Crippen LogP contribution in [0.15, 0.2) is 30.3 Å². The molecule has 0 aliphatic carbocycles. The van der Waals surface area contributed by atoms with Crippen LogP contribution in [-0.4, -0.2) is 71.8 Å². The number of H-pyrrole nitrogens is 1. The van der Waals surface area contributed by atoms with Crippen LogP contribution in [0, 0.1) is 25.7 Å². The number of carbonyl (C=O) groups is 5. The summed E-state index contributed by atoms with van der Waals surface area (Å²) in [4.78, 5) is 72.9. The highest BCUT2D eigenvalue weighted by Gasteiger charge is 2.38. The highest BCUT2D eigenvalue weighted by atomic mass is 19.4. The lowest BCUT2D eigenvalue weighted by Crippen LogP contribution is -2.54. The predicted octanol–water partition coefficient (Wildman–Crippen LogP) is 4.18. The second-order valence-electron chi connectivity index (χ2n) is 12.5. The molecule has 2 aromatic heterocycles. The monoisotopic (exact) mass is 687 g/mol. The molecule has 3 heterocycles. The number of Topliss-reactive ketones (excluding diaryl/α,β-unsaturated/α-hetero) is 1. The van der Waals surface area contributed by atoms with Crippen LogP contribution in [-0.2, 0) is 25.3 Å². The molecule has 4 rings (SSSR count). The number of rotatable bonds is 13. The van der Waals surface area contributed by atoms with Gasteiger partial charge in [0.05, 0.1) is 30.0 Å². The summed E-state index contributed by atoms with van der Waals surface area (Å²) in [7, 11) is 1.50. The molecule has 1 aliphatic heterocycles. The Balaban J connectivity index is 1.54. The predicted molar refractivity (Wildman–Crippen MR) is 172 cm³/mol. The van der Waals surface area contributed by atoms with Crippen molar-refractivity contribution in [1.82, 2.24) is 25.9 Å². The zero-order chi connectivity index (χ0) is 36.0. The molecule has 3 aromatic rings. The van der Waals surface area contributed by atoms with Gasteiger partial charge in [0.15, 0.2) is 12.4 Å². The largest absolute Gasteiger partial charge is 0.496 e. The number of hydrogen-bond acceptors (Lipinski definition) is 8. The number of nitrogens with one attached hydrogen (secondary N) is 4. The Labute approximate surface area is 280 Å². The van der Waals surface area contributed by atoms with E-state index in [1.165, 1.54) is 21.0 Å². The summed E-state index contributed by atoms with van der Waals surface area (Å²) in [6, 6.07) is 5.08. The smallest absolute Gasteiger partial charge is 0.417 e. The number of ketones is 1. The van der Waals surface area contributed by atoms with Gasteiger partial charge in [-0.25, -0.2) is 4.79 Å². The average molecular weight is 688 g/mol. The Hall–Kier alpha value is -4.95. The van der Waals surface area contributed by atoms with Crippen LogP contribution in [0.4, 0.5) is 13.2 Å². The number of methoxy groups -OCH3 is 1. The maximum absolute atomic E-state index is 13.8. The zero-order valence-corrected chi connectivity index (χ0v) is 27.9. The number of alkyl halides is 3. The molecule has 1 unspecified atom stereocenters. The molecule has 0 bridgehead atoms. The summed E-state index contributed by atoms with van der Waals surface area (Å²) in [6.07, 6.45) is -3.82. The number of esters is 1. The fourth-order valence-corrected chi connectivity index (χ4v) is 5.87. The third-order valence-electron chi connectivity index (χ3n) is 8.23. The molecule has 0 saturated carbocycles. The van der Waals surface area contributed by atoms with E-state index in [9.17, 15) is 37.1 Å². The lowest BCUT2D eigenvalue weighted by Gasteiger charge is -2.28. The quantitative estimate of drug-likeness (QED) is 0.194. The minimum Gasteiger partial charge on any atom is -0.496 e. The fourth-order valence-electron chi connectivity index (χ4n) is 5.87. The number of piperidine rings is 1. The van der Waals surface area contributed by atoms with Crippen LogP contribution in [0.25, 0.3) is 10.9 Å². The molecular weight excluding hydrogens is 647 g/mol. The Morgan fingerprint density at radius 1 is 1.08 bits per heavy atom. The number of nitrogens with zero attached hydrogens (tertiary/aromatic N) is 1. The van der Waals surface area contributed by atoms with E-state index in [-0.39, 0.29) is 41.7 Å². The number of aromatic amines is 1. The maximum Gasteiger partial charge on any atom is 0.417 e. The first-order valence-corrected chi connectivity index (χ1v) is 15.9. The van der Waals surface area contributed by atoms with E-state index >= 15 is 0 Å². The number of pyridine rings is 1. The van der Waals surface area contributed by atoms with E-state index < -0.39 is 65.5 Å². The molecule has 12 nitrogen and oxygen atoms in total. The van der Waals surface area contributed by atoms with Crippen molar-refractivity contribution >= 4 is 40.4 Å². The molecule has 0 radical (unpaired) electrons. The molecule has 264 valence electrons. The third-order valence-corrected chi connectivity index (χ3v) is 8.23. The number of aryl methyl sites for hydroxylation is 2. The molecule has 15 heteroatoms. The Morgan fingerprint density at radius 3 is 2.47 bits per heavy atom. The SMILES string of the molecule is COc1cccc2[nH]c(C(=O)N[C@@H](CC(C)C)C(=O)N[C@@H](CC3CCCNC3=O)C(=O)COC(=O)c3c(C(F)(F)F)cc(C)nc3C)cc12. The number of ether oxygens (including phenoxy) is 2. The minimum atomic E-state index is -4.89. The van der Waals surface area contributed by atoms with Crippen molar-refractivity contribution < 1.29 is 46.6 Å². The number of carbonyl (C=O) groups excluding carboxylic acids is 5. The number of hydrogen-bond donors (Lipinski definition) is 4. The van der Waals surface area contributed by atoms with E-state index in [2.05, 4.69) is 25.9 Å². The molecule has 3 amide bonds. The Bertz CT molecular complexity index is 1740. The van der Waals surface area contributed by atoms with Crippen molar-refractivity contribution in [2.45, 2.75) is 71.6 Å². The van der Waals surface area contributed by atoms with Crippen molar-refractivity contribution in [3.63, 3.8) is 0 Å². The summed E-state index contributed by atoms with van der Waals surface area (Å²) in [6.45, 7) is 5.71. The van der Waals surface area contributed by atoms with Crippen LogP contribution in [0.5, 0.6) is 5.75 Å². The lowest BCUT2D eigenvalue weighted by atomic mass is 9.90. The number of amides is 3. The van der Waals surface area contributed by atoms with E-state index in [1.807, 2.05) is 13.8 Å². The molecule has 4 N–H and O–H groups in total. The summed E-state index contributed by atoms with van der Waals surface area (Å²) in [5, 5.41) is 8.69. The second-order valence-corrected chi connectivity index (χ2v) is 12.5. The number of halogens is 3. The average Bonchev–Trinajstić information content (AvgIpc) is 3.48. The first-order chi connectivity index (χ1) is 23.1. The van der Waals surface area contributed by atoms with Crippen molar-refractivity contribution in [1.29, 1.82) is 0 Å². The van der Waals surface area contributed by atoms with Crippen molar-refractivity contribution in [2.75, 3.05) is 20.3 Å². The van der Waals surface area contributed by atoms with Crippen molar-refractivity contribution in [3.8, 4) is 5.75 Å². The van der Waals surface area contributed by atoms with Crippen LogP contribution in [0.1, 0.15) is 77.3 Å². The maximum atomic E-state index is 13.8. The summed E-state index contributed by atoms with van der Waals surface area (Å²) in [5.74, 6) is -4.10. The second kappa shape index (κ2) is 15.5. The summed E-state index contributed by atoms with van der Waals surface area (Å²) in [5.41, 5.74) is -1.46. The lowest BCUT2D eigenvalue weighted by molar-refractivity contribution is -0.138. The highest BCUT2D eigenvalue weighted by Crippen LogP contribution is 2.34. The third kappa shape index (κ3) is 9.15. The standard InChI is InChI=1S/C34H40F3N5O7/c1-17(2)12-25(42-32(46)26-15-21-23(40-26)9-6-10-28(21)48-5)31(45)41-24(14-20-8-7-11-38-30(20)44)27(43)16-49-33(47)29-19(4)39-18(3)13-22(29)34(35,36)37/h6,9-10,13,15,17,20,24-25,40H,7-8,11-12,14,16H2,1-5H3,(H,38,44)(H,41,45)(H,42,46)/t20?,24-,25-/m0/s1. The van der Waals surface area contributed by atoms with E-state index in [1.54, 1.807) is 24.3 Å². The van der Waals surface area contributed by atoms with Gasteiger partial charge in [-0.05, 0) is 69.7 Å². The van der Waals surface area contributed by atoms with E-state index in [0.717, 1.165) is 0 Å². The topological polar surface area (TPSA) is 169 Å². The first-order valence-electron chi connectivity index (χ1n) is 15.9. The van der Waals surface area contributed by atoms with Gasteiger partial charge in [0.25, 0.3) is 5.91 Å². The molecule has 1 fully saturated rings. The van der Waals surface area contributed by atoms with Crippen molar-refractivity contribution in [3.05, 3.63) is 58.5 Å². The van der Waals surface area contributed by atoms with E-state index in [4.69, 9.17) is 9.47 Å². The van der Waals surface area contributed by atoms with Gasteiger partial charge < -0.3 is 30.4 Å². The van der Waals surface area contributed by atoms with E-state index in [0.29, 0.717) is 42.1 Å².